The molecule has 2 aliphatic rings. The minimum atomic E-state index is -3.27. The van der Waals surface area contributed by atoms with Gasteiger partial charge in [0, 0.05) is 45.3 Å². The second-order valence-corrected chi connectivity index (χ2v) is 8.07. The number of aliphatic hydroxyl groups is 1. The topological polar surface area (TPSA) is 72.9 Å². The van der Waals surface area contributed by atoms with E-state index in [0.717, 1.165) is 51.9 Å². The molecule has 1 saturated carbocycles. The van der Waals surface area contributed by atoms with Crippen LogP contribution in [0.3, 0.4) is 0 Å². The Morgan fingerprint density at radius 3 is 2.43 bits per heavy atom. The third-order valence-corrected chi connectivity index (χ3v) is 6.43. The van der Waals surface area contributed by atoms with Crippen LogP contribution in [0.15, 0.2) is 0 Å². The van der Waals surface area contributed by atoms with Crippen molar-refractivity contribution in [1.29, 1.82) is 0 Å². The molecular formula is C14H29N3O3S. The summed E-state index contributed by atoms with van der Waals surface area (Å²) in [4.78, 5) is 2.20. The van der Waals surface area contributed by atoms with Crippen molar-refractivity contribution in [3.05, 3.63) is 0 Å². The molecule has 0 bridgehead atoms. The predicted octanol–water partition coefficient (Wildman–Crippen LogP) is -0.152. The Morgan fingerprint density at radius 1 is 1.14 bits per heavy atom. The zero-order valence-corrected chi connectivity index (χ0v) is 13.7. The number of aliphatic hydroxyl groups excluding tert-OH is 1. The van der Waals surface area contributed by atoms with E-state index in [2.05, 4.69) is 10.2 Å². The number of rotatable bonds is 7. The number of sulfonamides is 1. The summed E-state index contributed by atoms with van der Waals surface area (Å²) in [5.41, 5.74) is 0. The summed E-state index contributed by atoms with van der Waals surface area (Å²) in [5, 5.41) is 12.5. The Labute approximate surface area is 128 Å². The van der Waals surface area contributed by atoms with Crippen molar-refractivity contribution in [3.63, 3.8) is 0 Å². The number of nitrogens with one attached hydrogen (secondary N) is 1. The number of nitrogens with zero attached hydrogens (tertiary/aromatic N) is 2. The van der Waals surface area contributed by atoms with E-state index in [1.165, 1.54) is 6.42 Å². The van der Waals surface area contributed by atoms with Crippen LogP contribution in [0.4, 0.5) is 0 Å². The molecule has 1 saturated heterocycles. The fourth-order valence-corrected chi connectivity index (χ4v) is 5.06. The lowest BCUT2D eigenvalue weighted by atomic mass is 9.95. The minimum Gasteiger partial charge on any atom is -0.395 e. The molecule has 6 nitrogen and oxygen atoms in total. The zero-order chi connectivity index (χ0) is 15.1. The zero-order valence-electron chi connectivity index (χ0n) is 12.8. The molecule has 1 aliphatic heterocycles. The molecule has 1 heterocycles. The van der Waals surface area contributed by atoms with Crippen molar-refractivity contribution in [2.75, 3.05) is 51.6 Å². The SMILES string of the molecule is O=S(=O)(CCN1CCNCC1)N(CCO)C1CCCCC1. The highest BCUT2D eigenvalue weighted by molar-refractivity contribution is 7.89. The van der Waals surface area contributed by atoms with Gasteiger partial charge in [0.2, 0.25) is 10.0 Å². The third kappa shape index (κ3) is 5.17. The normalized spacial score (nSPS) is 22.8. The summed E-state index contributed by atoms with van der Waals surface area (Å²) < 4.78 is 26.8. The Kier molecular flexibility index (Phi) is 6.88. The van der Waals surface area contributed by atoms with Crippen LogP contribution < -0.4 is 5.32 Å². The van der Waals surface area contributed by atoms with Crippen LogP contribution in [0.2, 0.25) is 0 Å². The highest BCUT2D eigenvalue weighted by atomic mass is 32.2. The molecule has 0 aromatic heterocycles. The van der Waals surface area contributed by atoms with Crippen molar-refractivity contribution >= 4 is 10.0 Å². The number of hydrogen-bond donors (Lipinski definition) is 2. The standard InChI is InChI=1S/C14H29N3O3S/c18-12-10-17(14-4-2-1-3-5-14)21(19,20)13-11-16-8-6-15-7-9-16/h14-15,18H,1-13H2. The second-order valence-electron chi connectivity index (χ2n) is 6.03. The van der Waals surface area contributed by atoms with E-state index >= 15 is 0 Å². The van der Waals surface area contributed by atoms with Crippen molar-refractivity contribution in [2.45, 2.75) is 38.1 Å². The van der Waals surface area contributed by atoms with E-state index in [1.807, 2.05) is 0 Å². The molecule has 0 amide bonds. The average molecular weight is 319 g/mol. The maximum Gasteiger partial charge on any atom is 0.215 e. The van der Waals surface area contributed by atoms with Gasteiger partial charge in [0.05, 0.1) is 12.4 Å². The number of piperazine rings is 1. The largest absolute Gasteiger partial charge is 0.395 e. The summed E-state index contributed by atoms with van der Waals surface area (Å²) in [7, 11) is -3.27. The molecule has 0 atom stereocenters. The first kappa shape index (κ1) is 17.1. The average Bonchev–Trinajstić information content (AvgIpc) is 2.52. The van der Waals surface area contributed by atoms with E-state index in [4.69, 9.17) is 0 Å². The minimum absolute atomic E-state index is 0.0939. The Balaban J connectivity index is 1.92. The van der Waals surface area contributed by atoms with Crippen LogP contribution in [0.5, 0.6) is 0 Å². The molecule has 124 valence electrons. The Bertz CT molecular complexity index is 390. The molecular weight excluding hydrogens is 290 g/mol. The first-order chi connectivity index (χ1) is 10.1. The van der Waals surface area contributed by atoms with E-state index in [1.54, 1.807) is 4.31 Å². The van der Waals surface area contributed by atoms with Crippen LogP contribution in [0, 0.1) is 0 Å². The lowest BCUT2D eigenvalue weighted by Gasteiger charge is -2.34. The van der Waals surface area contributed by atoms with Crippen LogP contribution in [0.25, 0.3) is 0 Å². The molecule has 2 N–H and O–H groups in total. The maximum atomic E-state index is 12.6. The van der Waals surface area contributed by atoms with Gasteiger partial charge in [-0.3, -0.25) is 4.90 Å². The van der Waals surface area contributed by atoms with Crippen molar-refractivity contribution < 1.29 is 13.5 Å². The van der Waals surface area contributed by atoms with Gasteiger partial charge in [-0.2, -0.15) is 4.31 Å². The van der Waals surface area contributed by atoms with Crippen LogP contribution >= 0.6 is 0 Å². The fraction of sp³-hybridized carbons (Fsp3) is 1.00. The van der Waals surface area contributed by atoms with Crippen LogP contribution in [0.1, 0.15) is 32.1 Å². The molecule has 0 aromatic carbocycles. The molecule has 7 heteroatoms. The molecule has 0 aromatic rings. The van der Waals surface area contributed by atoms with Crippen LogP contribution in [-0.2, 0) is 10.0 Å². The van der Waals surface area contributed by atoms with Crippen molar-refractivity contribution in [1.82, 2.24) is 14.5 Å². The molecule has 0 unspecified atom stereocenters. The Morgan fingerprint density at radius 2 is 1.81 bits per heavy atom. The predicted molar refractivity (Wildman–Crippen MR) is 83.8 cm³/mol. The van der Waals surface area contributed by atoms with Gasteiger partial charge in [-0.1, -0.05) is 19.3 Å². The maximum absolute atomic E-state index is 12.6. The first-order valence-corrected chi connectivity index (χ1v) is 9.78. The van der Waals surface area contributed by atoms with Crippen molar-refractivity contribution in [3.8, 4) is 0 Å². The monoisotopic (exact) mass is 319 g/mol. The molecule has 0 radical (unpaired) electrons. The summed E-state index contributed by atoms with van der Waals surface area (Å²) in [5.74, 6) is 0.170. The van der Waals surface area contributed by atoms with E-state index in [9.17, 15) is 13.5 Å². The highest BCUT2D eigenvalue weighted by Gasteiger charge is 2.30. The summed E-state index contributed by atoms with van der Waals surface area (Å²) in [6, 6.07) is 0.0962. The van der Waals surface area contributed by atoms with Gasteiger partial charge in [-0.25, -0.2) is 8.42 Å². The molecule has 0 spiro atoms. The molecule has 2 fully saturated rings. The van der Waals surface area contributed by atoms with Gasteiger partial charge >= 0.3 is 0 Å². The summed E-state index contributed by atoms with van der Waals surface area (Å²) in [6.45, 7) is 4.44. The molecule has 1 aliphatic carbocycles. The molecule has 21 heavy (non-hydrogen) atoms. The van der Waals surface area contributed by atoms with Crippen molar-refractivity contribution in [2.24, 2.45) is 0 Å². The van der Waals surface area contributed by atoms with E-state index in [-0.39, 0.29) is 24.9 Å². The van der Waals surface area contributed by atoms with Gasteiger partial charge in [0.25, 0.3) is 0 Å². The Hall–Kier alpha value is -0.210. The lowest BCUT2D eigenvalue weighted by Crippen LogP contribution is -2.48. The van der Waals surface area contributed by atoms with E-state index in [0.29, 0.717) is 6.54 Å². The fourth-order valence-electron chi connectivity index (χ4n) is 3.31. The smallest absolute Gasteiger partial charge is 0.215 e. The second kappa shape index (κ2) is 8.43. The number of hydrogen-bond acceptors (Lipinski definition) is 5. The highest BCUT2D eigenvalue weighted by Crippen LogP contribution is 2.24. The van der Waals surface area contributed by atoms with Gasteiger partial charge in [0.1, 0.15) is 0 Å². The van der Waals surface area contributed by atoms with Crippen LogP contribution in [-0.4, -0.2) is 80.4 Å². The van der Waals surface area contributed by atoms with E-state index < -0.39 is 10.0 Å². The van der Waals surface area contributed by atoms with Gasteiger partial charge < -0.3 is 10.4 Å². The summed E-state index contributed by atoms with van der Waals surface area (Å²) in [6.07, 6.45) is 5.27. The third-order valence-electron chi connectivity index (χ3n) is 4.53. The molecule has 2 rings (SSSR count). The lowest BCUT2D eigenvalue weighted by molar-refractivity contribution is 0.197. The van der Waals surface area contributed by atoms with Gasteiger partial charge in [-0.15, -0.1) is 0 Å². The first-order valence-electron chi connectivity index (χ1n) is 8.17. The summed E-state index contributed by atoms with van der Waals surface area (Å²) >= 11 is 0. The quantitative estimate of drug-likeness (QED) is 0.683. The van der Waals surface area contributed by atoms with Gasteiger partial charge in [0.15, 0.2) is 0 Å². The van der Waals surface area contributed by atoms with Gasteiger partial charge in [-0.05, 0) is 12.8 Å².